The summed E-state index contributed by atoms with van der Waals surface area (Å²) in [7, 11) is -2.17. The number of imidazole rings is 1. The lowest BCUT2D eigenvalue weighted by Gasteiger charge is -2.44. The molecule has 0 unspecified atom stereocenters. The molecule has 9 heteroatoms. The fraction of sp³-hybridized carbons (Fsp3) is 0.667. The van der Waals surface area contributed by atoms with Gasteiger partial charge in [0, 0.05) is 17.8 Å². The molecule has 0 bridgehead atoms. The third-order valence-electron chi connectivity index (χ3n) is 3.45. The Morgan fingerprint density at radius 3 is 2.43 bits per heavy atom. The molecule has 1 amide bonds. The van der Waals surface area contributed by atoms with Gasteiger partial charge in [-0.05, 0) is 33.1 Å². The topological polar surface area (TPSA) is 142 Å². The maximum absolute atomic E-state index is 10.9. The van der Waals surface area contributed by atoms with Gasteiger partial charge in [-0.15, -0.1) is 0 Å². The number of hydrogen-bond acceptors (Lipinski definition) is 6. The zero-order chi connectivity index (χ0) is 16.1. The number of carbonyl (C=O) groups excluding carboxylic acids is 1. The largest absolute Gasteiger partial charge is 0.631 e. The standard InChI is InChI=1S/C12H19N3O2.BH3O3/c1-11(2,17-10(13)16)8-12(4-3-5-12)9-14-6-7-15-9;2-1(3)4/h6-7H,3-5,8H2,1-2H3,(H2,13,16)(H,14,15);2-4H. The molecule has 1 aliphatic rings. The Morgan fingerprint density at radius 2 is 2.10 bits per heavy atom. The second-order valence-corrected chi connectivity index (χ2v) is 5.78. The van der Waals surface area contributed by atoms with Crippen LogP contribution in [0.2, 0.25) is 0 Å². The number of hydrogen-bond donors (Lipinski definition) is 5. The van der Waals surface area contributed by atoms with Gasteiger partial charge in [0.25, 0.3) is 0 Å². The van der Waals surface area contributed by atoms with E-state index in [2.05, 4.69) is 9.97 Å². The first-order valence-corrected chi connectivity index (χ1v) is 6.69. The van der Waals surface area contributed by atoms with E-state index in [1.807, 2.05) is 20.0 Å². The van der Waals surface area contributed by atoms with E-state index in [1.54, 1.807) is 6.20 Å². The summed E-state index contributed by atoms with van der Waals surface area (Å²) < 4.78 is 5.16. The van der Waals surface area contributed by atoms with Crippen LogP contribution in [0, 0.1) is 0 Å². The van der Waals surface area contributed by atoms with Crippen molar-refractivity contribution in [3.63, 3.8) is 0 Å². The minimum absolute atomic E-state index is 0.0163. The van der Waals surface area contributed by atoms with Gasteiger partial charge in [0.15, 0.2) is 0 Å². The molecule has 0 spiro atoms. The van der Waals surface area contributed by atoms with Crippen molar-refractivity contribution in [1.82, 2.24) is 9.97 Å². The van der Waals surface area contributed by atoms with Crippen molar-refractivity contribution in [2.75, 3.05) is 0 Å². The molecule has 0 saturated heterocycles. The normalized spacial score (nSPS) is 16.2. The van der Waals surface area contributed by atoms with Gasteiger partial charge in [-0.25, -0.2) is 9.78 Å². The van der Waals surface area contributed by atoms with Gasteiger partial charge in [-0.3, -0.25) is 0 Å². The zero-order valence-electron chi connectivity index (χ0n) is 12.2. The summed E-state index contributed by atoms with van der Waals surface area (Å²) in [6.45, 7) is 3.78. The molecule has 2 rings (SSSR count). The molecule has 0 aliphatic heterocycles. The fourth-order valence-electron chi connectivity index (χ4n) is 2.78. The number of aromatic nitrogens is 2. The Labute approximate surface area is 123 Å². The Hall–Kier alpha value is -1.58. The maximum atomic E-state index is 10.9. The molecular formula is C12H22BN3O5. The molecule has 1 saturated carbocycles. The minimum atomic E-state index is -2.17. The third-order valence-corrected chi connectivity index (χ3v) is 3.45. The van der Waals surface area contributed by atoms with E-state index in [0.29, 0.717) is 0 Å². The summed E-state index contributed by atoms with van der Waals surface area (Å²) in [4.78, 5) is 18.4. The second-order valence-electron chi connectivity index (χ2n) is 5.78. The van der Waals surface area contributed by atoms with Crippen LogP contribution in [-0.2, 0) is 10.2 Å². The Balaban J connectivity index is 0.000000491. The van der Waals surface area contributed by atoms with Gasteiger partial charge in [0.2, 0.25) is 0 Å². The molecule has 1 aromatic heterocycles. The van der Waals surface area contributed by atoms with Crippen LogP contribution in [-0.4, -0.2) is 44.1 Å². The highest BCUT2D eigenvalue weighted by Gasteiger charge is 2.45. The molecule has 8 nitrogen and oxygen atoms in total. The van der Waals surface area contributed by atoms with E-state index < -0.39 is 19.0 Å². The summed E-state index contributed by atoms with van der Waals surface area (Å²) in [6.07, 6.45) is 6.96. The van der Waals surface area contributed by atoms with Gasteiger partial charge in [0.1, 0.15) is 11.4 Å². The van der Waals surface area contributed by atoms with Crippen molar-refractivity contribution in [3.05, 3.63) is 18.2 Å². The number of aromatic amines is 1. The molecular weight excluding hydrogens is 277 g/mol. The molecule has 1 aromatic rings. The number of H-pyrrole nitrogens is 1. The van der Waals surface area contributed by atoms with Crippen molar-refractivity contribution >= 4 is 13.4 Å². The maximum Gasteiger partial charge on any atom is 0.631 e. The van der Waals surface area contributed by atoms with Gasteiger partial charge in [0.05, 0.1) is 0 Å². The lowest BCUT2D eigenvalue weighted by molar-refractivity contribution is 0.00311. The third kappa shape index (κ3) is 5.37. The summed E-state index contributed by atoms with van der Waals surface area (Å²) >= 11 is 0. The number of rotatable bonds is 4. The molecule has 0 atom stereocenters. The number of primary amides is 1. The van der Waals surface area contributed by atoms with Crippen LogP contribution in [0.25, 0.3) is 0 Å². The van der Waals surface area contributed by atoms with Crippen LogP contribution >= 0.6 is 0 Å². The average molecular weight is 299 g/mol. The van der Waals surface area contributed by atoms with Crippen LogP contribution in [0.1, 0.15) is 45.4 Å². The van der Waals surface area contributed by atoms with Gasteiger partial charge >= 0.3 is 13.4 Å². The Morgan fingerprint density at radius 1 is 1.52 bits per heavy atom. The average Bonchev–Trinajstić information content (AvgIpc) is 2.74. The summed E-state index contributed by atoms with van der Waals surface area (Å²) in [6, 6.07) is 0. The van der Waals surface area contributed by atoms with Crippen LogP contribution in [0.15, 0.2) is 12.4 Å². The molecule has 1 aliphatic carbocycles. The quantitative estimate of drug-likeness (QED) is 0.497. The van der Waals surface area contributed by atoms with E-state index in [4.69, 9.17) is 25.5 Å². The number of carbonyl (C=O) groups is 1. The molecule has 0 radical (unpaired) electrons. The van der Waals surface area contributed by atoms with Gasteiger partial charge < -0.3 is 30.5 Å². The van der Waals surface area contributed by atoms with Crippen molar-refractivity contribution in [3.8, 4) is 0 Å². The van der Waals surface area contributed by atoms with Crippen molar-refractivity contribution in [2.24, 2.45) is 5.73 Å². The van der Waals surface area contributed by atoms with Crippen LogP contribution in [0.3, 0.4) is 0 Å². The lowest BCUT2D eigenvalue weighted by atomic mass is 9.63. The number of amides is 1. The fourth-order valence-corrected chi connectivity index (χ4v) is 2.78. The first-order chi connectivity index (χ1) is 9.67. The smallest absolute Gasteiger partial charge is 0.444 e. The summed E-state index contributed by atoms with van der Waals surface area (Å²) in [5, 5.41) is 21.5. The second kappa shape index (κ2) is 6.92. The molecule has 6 N–H and O–H groups in total. The van der Waals surface area contributed by atoms with E-state index in [0.717, 1.165) is 25.1 Å². The number of nitrogens with one attached hydrogen (secondary N) is 1. The Bertz CT molecular complexity index is 443. The highest BCUT2D eigenvalue weighted by atomic mass is 16.6. The van der Waals surface area contributed by atoms with Crippen molar-refractivity contribution < 1.29 is 24.6 Å². The lowest BCUT2D eigenvalue weighted by Crippen LogP contribution is -2.44. The van der Waals surface area contributed by atoms with E-state index in [-0.39, 0.29) is 5.41 Å². The van der Waals surface area contributed by atoms with Crippen LogP contribution in [0.4, 0.5) is 4.79 Å². The number of ether oxygens (including phenoxy) is 1. The predicted molar refractivity (Wildman–Crippen MR) is 75.9 cm³/mol. The number of nitrogens with two attached hydrogens (primary N) is 1. The highest BCUT2D eigenvalue weighted by molar-refractivity contribution is 6.30. The highest BCUT2D eigenvalue weighted by Crippen LogP contribution is 2.48. The monoisotopic (exact) mass is 299 g/mol. The van der Waals surface area contributed by atoms with Crippen molar-refractivity contribution in [2.45, 2.75) is 50.5 Å². The number of nitrogens with zero attached hydrogens (tertiary/aromatic N) is 1. The predicted octanol–water partition coefficient (Wildman–Crippen LogP) is 0.0436. The minimum Gasteiger partial charge on any atom is -0.444 e. The molecule has 118 valence electrons. The zero-order valence-corrected chi connectivity index (χ0v) is 12.2. The summed E-state index contributed by atoms with van der Waals surface area (Å²) in [5.41, 5.74) is 4.55. The SMILES string of the molecule is CC(C)(CC1(c2ncc[nH]2)CCC1)OC(N)=O.OB(O)O. The van der Waals surface area contributed by atoms with Crippen LogP contribution in [0.5, 0.6) is 0 Å². The van der Waals surface area contributed by atoms with E-state index in [1.165, 1.54) is 6.42 Å². The summed E-state index contributed by atoms with van der Waals surface area (Å²) in [5.74, 6) is 0.991. The van der Waals surface area contributed by atoms with E-state index in [9.17, 15) is 4.79 Å². The molecule has 1 heterocycles. The van der Waals surface area contributed by atoms with Gasteiger partial charge in [-0.1, -0.05) is 6.42 Å². The van der Waals surface area contributed by atoms with Gasteiger partial charge in [-0.2, -0.15) is 0 Å². The first kappa shape index (κ1) is 17.5. The van der Waals surface area contributed by atoms with Crippen LogP contribution < -0.4 is 5.73 Å². The molecule has 0 aromatic carbocycles. The first-order valence-electron chi connectivity index (χ1n) is 6.69. The van der Waals surface area contributed by atoms with Crippen molar-refractivity contribution in [1.29, 1.82) is 0 Å². The molecule has 21 heavy (non-hydrogen) atoms. The molecule has 1 fully saturated rings. The Kier molecular flexibility index (Phi) is 5.76. The van der Waals surface area contributed by atoms with E-state index >= 15 is 0 Å².